The third-order valence-electron chi connectivity index (χ3n) is 5.71. The van der Waals surface area contributed by atoms with Crippen molar-refractivity contribution in [2.75, 3.05) is 14.2 Å². The van der Waals surface area contributed by atoms with E-state index in [2.05, 4.69) is 0 Å². The Morgan fingerprint density at radius 1 is 0.778 bits per heavy atom. The number of hydrogen-bond donors (Lipinski definition) is 0. The van der Waals surface area contributed by atoms with Crippen LogP contribution in [0.25, 0.3) is 22.3 Å². The van der Waals surface area contributed by atoms with Crippen molar-refractivity contribution in [2.24, 2.45) is 4.99 Å². The zero-order chi connectivity index (χ0) is 24.9. The molecule has 0 atom stereocenters. The minimum absolute atomic E-state index is 0.509. The van der Waals surface area contributed by atoms with E-state index in [9.17, 15) is 0 Å². The number of fused-ring (bicyclic) bond motifs is 1. The largest absolute Gasteiger partial charge is 0.493 e. The molecule has 5 rings (SSSR count). The van der Waals surface area contributed by atoms with Crippen LogP contribution in [0.5, 0.6) is 17.2 Å². The predicted octanol–water partition coefficient (Wildman–Crippen LogP) is 7.58. The monoisotopic (exact) mass is 497 g/mol. The number of nitrogens with zero attached hydrogens (tertiary/aromatic N) is 1. The van der Waals surface area contributed by atoms with Crippen LogP contribution in [0, 0.1) is 0 Å². The van der Waals surface area contributed by atoms with Gasteiger partial charge in [-0.25, -0.2) is 4.99 Å². The standard InChI is InChI=1S/C30H24ClNO4/c1-33-28-14-8-21(16-30(28)34-2)29-18-26(25-17-22(31)9-15-27(25)36-29)32-23-10-12-24(13-11-23)35-19-20-6-4-3-5-7-20/h3-18H,19H2,1-2H3. The Balaban J connectivity index is 1.52. The van der Waals surface area contributed by atoms with Crippen LogP contribution in [-0.2, 0) is 6.61 Å². The Morgan fingerprint density at radius 2 is 1.56 bits per heavy atom. The van der Waals surface area contributed by atoms with Crippen LogP contribution < -0.4 is 19.6 Å². The van der Waals surface area contributed by atoms with Gasteiger partial charge in [-0.15, -0.1) is 0 Å². The van der Waals surface area contributed by atoms with Crippen molar-refractivity contribution in [3.8, 4) is 28.6 Å². The van der Waals surface area contributed by atoms with Gasteiger partial charge in [0.25, 0.3) is 0 Å². The van der Waals surface area contributed by atoms with Crippen molar-refractivity contribution in [2.45, 2.75) is 6.61 Å². The molecule has 0 fully saturated rings. The second kappa shape index (κ2) is 10.6. The van der Waals surface area contributed by atoms with Gasteiger partial charge < -0.3 is 18.6 Å². The second-order valence-corrected chi connectivity index (χ2v) is 8.52. The van der Waals surface area contributed by atoms with Gasteiger partial charge in [0.05, 0.1) is 25.3 Å². The van der Waals surface area contributed by atoms with E-state index in [1.165, 1.54) is 0 Å². The average Bonchev–Trinajstić information content (AvgIpc) is 2.93. The first-order valence-corrected chi connectivity index (χ1v) is 11.8. The van der Waals surface area contributed by atoms with Gasteiger partial charge in [-0.3, -0.25) is 0 Å². The third-order valence-corrected chi connectivity index (χ3v) is 5.94. The van der Waals surface area contributed by atoms with Crippen molar-refractivity contribution in [1.82, 2.24) is 0 Å². The van der Waals surface area contributed by atoms with Gasteiger partial charge in [-0.05, 0) is 66.2 Å². The zero-order valence-corrected chi connectivity index (χ0v) is 20.7. The summed E-state index contributed by atoms with van der Waals surface area (Å²) in [5.41, 5.74) is 3.41. The molecule has 5 nitrogen and oxygen atoms in total. The quantitative estimate of drug-likeness (QED) is 0.232. The van der Waals surface area contributed by atoms with Crippen molar-refractivity contribution in [1.29, 1.82) is 0 Å². The molecule has 0 radical (unpaired) electrons. The SMILES string of the molecule is COc1ccc(-c2cc(=Nc3ccc(OCc4ccccc4)cc3)c3cc(Cl)ccc3o2)cc1OC. The lowest BCUT2D eigenvalue weighted by molar-refractivity contribution is 0.306. The van der Waals surface area contributed by atoms with Crippen LogP contribution in [0.2, 0.25) is 5.02 Å². The lowest BCUT2D eigenvalue weighted by atomic mass is 10.1. The van der Waals surface area contributed by atoms with Gasteiger partial charge in [0.1, 0.15) is 23.7 Å². The molecule has 0 amide bonds. The van der Waals surface area contributed by atoms with E-state index in [0.29, 0.717) is 34.5 Å². The zero-order valence-electron chi connectivity index (χ0n) is 19.9. The number of benzene rings is 4. The molecule has 6 heteroatoms. The van der Waals surface area contributed by atoms with Crippen LogP contribution in [0.3, 0.4) is 0 Å². The Bertz CT molecular complexity index is 1560. The lowest BCUT2D eigenvalue weighted by Crippen LogP contribution is -2.03. The number of halogens is 1. The van der Waals surface area contributed by atoms with E-state index in [1.807, 2.05) is 91.0 Å². The highest BCUT2D eigenvalue weighted by Gasteiger charge is 2.11. The fourth-order valence-corrected chi connectivity index (χ4v) is 4.03. The van der Waals surface area contributed by atoms with Crippen LogP contribution >= 0.6 is 11.6 Å². The molecule has 4 aromatic carbocycles. The first-order valence-electron chi connectivity index (χ1n) is 11.4. The normalized spacial score (nSPS) is 11.5. The number of hydrogen-bond acceptors (Lipinski definition) is 5. The van der Waals surface area contributed by atoms with E-state index in [4.69, 9.17) is 35.2 Å². The third kappa shape index (κ3) is 5.21. The maximum Gasteiger partial charge on any atom is 0.161 e. The van der Waals surface area contributed by atoms with Gasteiger partial charge in [0.2, 0.25) is 0 Å². The Hall–Kier alpha value is -4.22. The summed E-state index contributed by atoms with van der Waals surface area (Å²) in [5, 5.41) is 2.16. The minimum Gasteiger partial charge on any atom is -0.493 e. The molecular formula is C30H24ClNO4. The van der Waals surface area contributed by atoms with E-state index < -0.39 is 0 Å². The highest BCUT2D eigenvalue weighted by molar-refractivity contribution is 6.31. The fraction of sp³-hybridized carbons (Fsp3) is 0.100. The highest BCUT2D eigenvalue weighted by atomic mass is 35.5. The summed E-state index contributed by atoms with van der Waals surface area (Å²) >= 11 is 6.30. The summed E-state index contributed by atoms with van der Waals surface area (Å²) in [5.74, 6) is 2.69. The lowest BCUT2D eigenvalue weighted by Gasteiger charge is -2.10. The van der Waals surface area contributed by atoms with E-state index in [0.717, 1.165) is 33.3 Å². The summed E-state index contributed by atoms with van der Waals surface area (Å²) < 4.78 is 23.0. The molecule has 1 heterocycles. The summed E-state index contributed by atoms with van der Waals surface area (Å²) in [6, 6.07) is 30.8. The fourth-order valence-electron chi connectivity index (χ4n) is 3.86. The molecule has 0 saturated carbocycles. The predicted molar refractivity (Wildman–Crippen MR) is 142 cm³/mol. The van der Waals surface area contributed by atoms with Crippen molar-refractivity contribution in [3.05, 3.63) is 113 Å². The molecule has 0 aliphatic heterocycles. The van der Waals surface area contributed by atoms with Gasteiger partial charge in [-0.2, -0.15) is 0 Å². The second-order valence-electron chi connectivity index (χ2n) is 8.09. The Labute approximate surface area is 214 Å². The van der Waals surface area contributed by atoms with E-state index in [1.54, 1.807) is 20.3 Å². The maximum absolute atomic E-state index is 6.30. The van der Waals surface area contributed by atoms with Crippen molar-refractivity contribution in [3.63, 3.8) is 0 Å². The molecule has 0 N–H and O–H groups in total. The molecule has 0 unspecified atom stereocenters. The van der Waals surface area contributed by atoms with Gasteiger partial charge in [-0.1, -0.05) is 41.9 Å². The van der Waals surface area contributed by atoms with Crippen molar-refractivity contribution >= 4 is 28.3 Å². The van der Waals surface area contributed by atoms with Gasteiger partial charge in [0, 0.05) is 22.0 Å². The molecule has 180 valence electrons. The molecule has 0 aliphatic carbocycles. The first kappa shape index (κ1) is 23.5. The van der Waals surface area contributed by atoms with Crippen LogP contribution in [0.4, 0.5) is 5.69 Å². The molecule has 36 heavy (non-hydrogen) atoms. The highest BCUT2D eigenvalue weighted by Crippen LogP contribution is 2.33. The van der Waals surface area contributed by atoms with E-state index >= 15 is 0 Å². The summed E-state index contributed by atoms with van der Waals surface area (Å²) in [6.45, 7) is 0.509. The van der Waals surface area contributed by atoms with Gasteiger partial charge in [0.15, 0.2) is 11.5 Å². The molecule has 0 saturated heterocycles. The summed E-state index contributed by atoms with van der Waals surface area (Å²) in [7, 11) is 3.21. The number of ether oxygens (including phenoxy) is 3. The summed E-state index contributed by atoms with van der Waals surface area (Å²) in [4.78, 5) is 4.90. The smallest absolute Gasteiger partial charge is 0.161 e. The Morgan fingerprint density at radius 3 is 2.31 bits per heavy atom. The van der Waals surface area contributed by atoms with Crippen LogP contribution in [0.15, 0.2) is 106 Å². The van der Waals surface area contributed by atoms with E-state index in [-0.39, 0.29) is 0 Å². The molecule has 0 spiro atoms. The number of methoxy groups -OCH3 is 2. The number of rotatable bonds is 7. The molecule has 0 aliphatic rings. The van der Waals surface area contributed by atoms with Gasteiger partial charge >= 0.3 is 0 Å². The minimum atomic E-state index is 0.509. The molecular weight excluding hydrogens is 474 g/mol. The van der Waals surface area contributed by atoms with Crippen molar-refractivity contribution < 1.29 is 18.6 Å². The first-order chi connectivity index (χ1) is 17.6. The average molecular weight is 498 g/mol. The topological polar surface area (TPSA) is 53.2 Å². The van der Waals surface area contributed by atoms with Crippen LogP contribution in [0.1, 0.15) is 5.56 Å². The molecule has 1 aromatic heterocycles. The molecule has 0 bridgehead atoms. The van der Waals surface area contributed by atoms with Crippen LogP contribution in [-0.4, -0.2) is 14.2 Å². The molecule has 5 aromatic rings. The Kier molecular flexibility index (Phi) is 6.92. The summed E-state index contributed by atoms with van der Waals surface area (Å²) in [6.07, 6.45) is 0. The maximum atomic E-state index is 6.30.